The molecule has 0 heterocycles. The van der Waals surface area contributed by atoms with Crippen LogP contribution in [0.5, 0.6) is 17.2 Å². The SMILES string of the molecule is COc1ccc(NC(=S)N/N=C\c2ccc(OCc3ccccc3)c(OC)c2)cc1. The van der Waals surface area contributed by atoms with Crippen LogP contribution < -0.4 is 25.0 Å². The van der Waals surface area contributed by atoms with E-state index in [1.807, 2.05) is 72.8 Å². The van der Waals surface area contributed by atoms with Gasteiger partial charge in [-0.2, -0.15) is 5.10 Å². The maximum absolute atomic E-state index is 5.87. The second kappa shape index (κ2) is 10.8. The fourth-order valence-electron chi connectivity index (χ4n) is 2.62. The highest BCUT2D eigenvalue weighted by molar-refractivity contribution is 7.80. The number of anilines is 1. The zero-order valence-corrected chi connectivity index (χ0v) is 17.6. The molecule has 0 spiro atoms. The summed E-state index contributed by atoms with van der Waals surface area (Å²) in [6, 6.07) is 23.0. The van der Waals surface area contributed by atoms with Gasteiger partial charge < -0.3 is 19.5 Å². The zero-order chi connectivity index (χ0) is 21.2. The molecule has 0 saturated carbocycles. The number of methoxy groups -OCH3 is 2. The van der Waals surface area contributed by atoms with Gasteiger partial charge in [-0.1, -0.05) is 30.3 Å². The van der Waals surface area contributed by atoms with Crippen LogP contribution in [0.15, 0.2) is 77.9 Å². The van der Waals surface area contributed by atoms with Crippen LogP contribution in [-0.2, 0) is 6.61 Å². The van der Waals surface area contributed by atoms with E-state index in [1.54, 1.807) is 20.4 Å². The summed E-state index contributed by atoms with van der Waals surface area (Å²) in [6.07, 6.45) is 1.66. The molecule has 7 heteroatoms. The van der Waals surface area contributed by atoms with Gasteiger partial charge in [-0.15, -0.1) is 0 Å². The Morgan fingerprint density at radius 3 is 2.40 bits per heavy atom. The van der Waals surface area contributed by atoms with Crippen LogP contribution in [0.25, 0.3) is 0 Å². The van der Waals surface area contributed by atoms with Crippen molar-refractivity contribution in [3.63, 3.8) is 0 Å². The van der Waals surface area contributed by atoms with Crippen LogP contribution in [0.1, 0.15) is 11.1 Å². The number of hydrazone groups is 1. The lowest BCUT2D eigenvalue weighted by atomic mass is 10.2. The third-order valence-electron chi connectivity index (χ3n) is 4.15. The van der Waals surface area contributed by atoms with E-state index in [0.29, 0.717) is 23.2 Å². The minimum absolute atomic E-state index is 0.381. The van der Waals surface area contributed by atoms with E-state index in [1.165, 1.54) is 0 Å². The number of ether oxygens (including phenoxy) is 3. The van der Waals surface area contributed by atoms with Gasteiger partial charge in [0.05, 0.1) is 20.4 Å². The molecule has 3 rings (SSSR count). The predicted molar refractivity (Wildman–Crippen MR) is 124 cm³/mol. The molecule has 0 bridgehead atoms. The normalized spacial score (nSPS) is 10.5. The Morgan fingerprint density at radius 1 is 0.933 bits per heavy atom. The molecule has 6 nitrogen and oxygen atoms in total. The third kappa shape index (κ3) is 6.22. The van der Waals surface area contributed by atoms with Gasteiger partial charge in [0.2, 0.25) is 0 Å². The molecule has 0 unspecified atom stereocenters. The molecule has 0 saturated heterocycles. The molecule has 0 amide bonds. The van der Waals surface area contributed by atoms with E-state index >= 15 is 0 Å². The summed E-state index contributed by atoms with van der Waals surface area (Å²) in [5.41, 5.74) is 5.57. The number of thiocarbonyl (C=S) groups is 1. The number of nitrogens with zero attached hydrogens (tertiary/aromatic N) is 1. The zero-order valence-electron chi connectivity index (χ0n) is 16.8. The van der Waals surface area contributed by atoms with E-state index in [4.69, 9.17) is 26.4 Å². The molecule has 0 atom stereocenters. The van der Waals surface area contributed by atoms with E-state index in [2.05, 4.69) is 15.8 Å². The molecule has 30 heavy (non-hydrogen) atoms. The fourth-order valence-corrected chi connectivity index (χ4v) is 2.79. The molecule has 0 radical (unpaired) electrons. The van der Waals surface area contributed by atoms with Gasteiger partial charge in [-0.25, -0.2) is 0 Å². The van der Waals surface area contributed by atoms with Crippen molar-refractivity contribution in [2.75, 3.05) is 19.5 Å². The van der Waals surface area contributed by atoms with Crippen molar-refractivity contribution in [2.45, 2.75) is 6.61 Å². The van der Waals surface area contributed by atoms with Crippen molar-refractivity contribution in [1.29, 1.82) is 0 Å². The molecule has 0 aliphatic heterocycles. The highest BCUT2D eigenvalue weighted by atomic mass is 32.1. The van der Waals surface area contributed by atoms with Gasteiger partial charge in [0.15, 0.2) is 16.6 Å². The lowest BCUT2D eigenvalue weighted by molar-refractivity contribution is 0.284. The maximum atomic E-state index is 5.87. The smallest absolute Gasteiger partial charge is 0.191 e. The Kier molecular flexibility index (Phi) is 7.63. The Bertz CT molecular complexity index is 992. The van der Waals surface area contributed by atoms with Crippen molar-refractivity contribution in [3.05, 3.63) is 83.9 Å². The van der Waals surface area contributed by atoms with Crippen molar-refractivity contribution < 1.29 is 14.2 Å². The number of nitrogens with one attached hydrogen (secondary N) is 2. The second-order valence-electron chi connectivity index (χ2n) is 6.24. The molecular weight excluding hydrogens is 398 g/mol. The minimum atomic E-state index is 0.381. The molecule has 0 aromatic heterocycles. The van der Waals surface area contributed by atoms with Gasteiger partial charge in [-0.3, -0.25) is 5.43 Å². The summed E-state index contributed by atoms with van der Waals surface area (Å²) in [4.78, 5) is 0. The largest absolute Gasteiger partial charge is 0.497 e. The van der Waals surface area contributed by atoms with Crippen LogP contribution in [0.2, 0.25) is 0 Å². The average Bonchev–Trinajstić information content (AvgIpc) is 2.79. The Labute approximate surface area is 181 Å². The molecule has 0 fully saturated rings. The van der Waals surface area contributed by atoms with Crippen LogP contribution in [0.3, 0.4) is 0 Å². The molecule has 3 aromatic carbocycles. The van der Waals surface area contributed by atoms with E-state index in [-0.39, 0.29) is 0 Å². The summed E-state index contributed by atoms with van der Waals surface area (Å²) in [5.74, 6) is 2.08. The standard InChI is InChI=1S/C23H23N3O3S/c1-27-20-11-9-19(10-12-20)25-23(30)26-24-15-18-8-13-21(22(14-18)28-2)29-16-17-6-4-3-5-7-17/h3-15H,16H2,1-2H3,(H2,25,26,30)/b24-15-. The summed E-state index contributed by atoms with van der Waals surface area (Å²) in [6.45, 7) is 0.470. The Morgan fingerprint density at radius 2 is 1.70 bits per heavy atom. The van der Waals surface area contributed by atoms with E-state index in [9.17, 15) is 0 Å². The molecule has 0 aliphatic rings. The van der Waals surface area contributed by atoms with Crippen LogP contribution >= 0.6 is 12.2 Å². The summed E-state index contributed by atoms with van der Waals surface area (Å²) >= 11 is 5.25. The van der Waals surface area contributed by atoms with Gasteiger partial charge in [0.1, 0.15) is 12.4 Å². The first kappa shape index (κ1) is 21.1. The van der Waals surface area contributed by atoms with Crippen LogP contribution in [0, 0.1) is 0 Å². The number of hydrogen-bond acceptors (Lipinski definition) is 5. The number of benzene rings is 3. The third-order valence-corrected chi connectivity index (χ3v) is 4.35. The monoisotopic (exact) mass is 421 g/mol. The molecule has 2 N–H and O–H groups in total. The van der Waals surface area contributed by atoms with E-state index < -0.39 is 0 Å². The maximum Gasteiger partial charge on any atom is 0.191 e. The minimum Gasteiger partial charge on any atom is -0.497 e. The first-order chi connectivity index (χ1) is 14.7. The van der Waals surface area contributed by atoms with Crippen LogP contribution in [0.4, 0.5) is 5.69 Å². The predicted octanol–water partition coefficient (Wildman–Crippen LogP) is 4.60. The highest BCUT2D eigenvalue weighted by Gasteiger charge is 2.06. The quantitative estimate of drug-likeness (QED) is 0.315. The summed E-state index contributed by atoms with van der Waals surface area (Å²) in [7, 11) is 3.23. The molecular formula is C23H23N3O3S. The fraction of sp³-hybridized carbons (Fsp3) is 0.130. The lowest BCUT2D eigenvalue weighted by Crippen LogP contribution is -2.23. The molecule has 0 aliphatic carbocycles. The summed E-state index contributed by atoms with van der Waals surface area (Å²) < 4.78 is 16.4. The van der Waals surface area contributed by atoms with Crippen LogP contribution in [-0.4, -0.2) is 25.5 Å². The van der Waals surface area contributed by atoms with Gasteiger partial charge >= 0.3 is 0 Å². The van der Waals surface area contributed by atoms with Crippen molar-refractivity contribution in [3.8, 4) is 17.2 Å². The molecule has 154 valence electrons. The first-order valence-electron chi connectivity index (χ1n) is 9.27. The second-order valence-corrected chi connectivity index (χ2v) is 6.65. The Hall–Kier alpha value is -3.58. The van der Waals surface area contributed by atoms with Gasteiger partial charge in [0, 0.05) is 5.69 Å². The average molecular weight is 422 g/mol. The number of hydrogen-bond donors (Lipinski definition) is 2. The van der Waals surface area contributed by atoms with Gasteiger partial charge in [0.25, 0.3) is 0 Å². The van der Waals surface area contributed by atoms with Crippen molar-refractivity contribution in [1.82, 2.24) is 5.43 Å². The Balaban J connectivity index is 1.54. The van der Waals surface area contributed by atoms with E-state index in [0.717, 1.165) is 22.6 Å². The van der Waals surface area contributed by atoms with Crippen molar-refractivity contribution >= 4 is 29.2 Å². The molecule has 3 aromatic rings. The number of rotatable bonds is 8. The summed E-state index contributed by atoms with van der Waals surface area (Å²) in [5, 5.41) is 7.60. The van der Waals surface area contributed by atoms with Gasteiger partial charge in [-0.05, 0) is 65.8 Å². The first-order valence-corrected chi connectivity index (χ1v) is 9.67. The lowest BCUT2D eigenvalue weighted by Gasteiger charge is -2.11. The topological polar surface area (TPSA) is 64.1 Å². The highest BCUT2D eigenvalue weighted by Crippen LogP contribution is 2.28. The van der Waals surface area contributed by atoms with Crippen molar-refractivity contribution in [2.24, 2.45) is 5.10 Å².